The number of rotatable bonds is 0. The first-order valence-corrected chi connectivity index (χ1v) is 33.5. The van der Waals surface area contributed by atoms with Gasteiger partial charge in [-0.25, -0.2) is 0 Å². The highest BCUT2D eigenvalue weighted by Gasteiger charge is 2.51. The van der Waals surface area contributed by atoms with Crippen molar-refractivity contribution >= 4 is 119 Å². The summed E-state index contributed by atoms with van der Waals surface area (Å²) in [6.07, 6.45) is 4.52. The number of benzene rings is 14. The average molecular weight is 1220 g/mol. The van der Waals surface area contributed by atoms with Crippen LogP contribution in [0.15, 0.2) is 243 Å². The van der Waals surface area contributed by atoms with Gasteiger partial charge in [-0.05, 0) is 164 Å². The maximum absolute atomic E-state index is 6.60. The van der Waals surface area contributed by atoms with Crippen LogP contribution in [0.3, 0.4) is 0 Å². The van der Waals surface area contributed by atoms with Crippen LogP contribution < -0.4 is 27.9 Å². The van der Waals surface area contributed by atoms with E-state index >= 15 is 0 Å². The predicted molar refractivity (Wildman–Crippen MR) is 387 cm³/mol. The minimum Gasteiger partial charge on any atom is -0.434 e. The second kappa shape index (κ2) is 18.5. The fourth-order valence-corrected chi connectivity index (χ4v) is 18.3. The van der Waals surface area contributed by atoms with Crippen LogP contribution in [-0.4, -0.2) is 0 Å². The summed E-state index contributed by atoms with van der Waals surface area (Å²) in [6.45, 7) is 15.8. The number of hydrogen-bond acceptors (Lipinski definition) is 3. The molecular weight excluding hydrogens is 1160 g/mol. The van der Waals surface area contributed by atoms with E-state index in [1.807, 2.05) is 0 Å². The molecular formula is C89H64N3O3+3. The molecule has 6 heterocycles. The summed E-state index contributed by atoms with van der Waals surface area (Å²) in [4.78, 5) is 0. The Labute approximate surface area is 548 Å². The number of aromatic nitrogens is 3. The molecule has 6 nitrogen and oxygen atoms in total. The molecule has 0 spiro atoms. The Kier molecular flexibility index (Phi) is 10.4. The summed E-state index contributed by atoms with van der Waals surface area (Å²) in [5.74, 6) is 3.13. The largest absolute Gasteiger partial charge is 0.434 e. The van der Waals surface area contributed by atoms with Gasteiger partial charge in [0.25, 0.3) is 20.2 Å². The summed E-state index contributed by atoms with van der Waals surface area (Å²) < 4.78 is 26.6. The zero-order valence-corrected chi connectivity index (χ0v) is 53.8. The van der Waals surface area contributed by atoms with Gasteiger partial charge in [0.1, 0.15) is 17.2 Å². The number of ether oxygens (including phenoxy) is 3. The summed E-state index contributed by atoms with van der Waals surface area (Å²) in [6, 6.07) is 84.4. The fourth-order valence-electron chi connectivity index (χ4n) is 18.3. The van der Waals surface area contributed by atoms with Crippen LogP contribution in [-0.2, 0) is 36.4 Å². The van der Waals surface area contributed by atoms with E-state index in [0.29, 0.717) is 20.2 Å². The van der Waals surface area contributed by atoms with Gasteiger partial charge in [0.05, 0.1) is 22.1 Å². The van der Waals surface area contributed by atoms with Gasteiger partial charge >= 0.3 is 0 Å². The van der Waals surface area contributed by atoms with Gasteiger partial charge in [-0.15, -0.1) is 0 Å². The molecule has 6 heteroatoms. The molecule has 0 amide bonds. The van der Waals surface area contributed by atoms with E-state index in [-0.39, 0.29) is 16.2 Å². The van der Waals surface area contributed by atoms with Crippen molar-refractivity contribution in [1.82, 2.24) is 0 Å². The van der Waals surface area contributed by atoms with Gasteiger partial charge < -0.3 is 14.2 Å². The minimum absolute atomic E-state index is 0.0825. The van der Waals surface area contributed by atoms with Crippen molar-refractivity contribution in [3.63, 3.8) is 0 Å². The van der Waals surface area contributed by atoms with Gasteiger partial charge in [-0.1, -0.05) is 199 Å². The second-order valence-corrected chi connectivity index (χ2v) is 28.8. The Morgan fingerprint density at radius 2 is 0.632 bits per heavy atom. The van der Waals surface area contributed by atoms with Gasteiger partial charge in [0, 0.05) is 65.9 Å². The van der Waals surface area contributed by atoms with Gasteiger partial charge in [-0.3, -0.25) is 0 Å². The van der Waals surface area contributed by atoms with Crippen molar-refractivity contribution < 1.29 is 27.9 Å². The molecule has 3 aliphatic carbocycles. The molecule has 0 bridgehead atoms. The zero-order valence-electron chi connectivity index (χ0n) is 53.8. The summed E-state index contributed by atoms with van der Waals surface area (Å²) >= 11 is 0. The Bertz CT molecular complexity index is 6280. The predicted octanol–water partition coefficient (Wildman–Crippen LogP) is 20.6. The first-order valence-electron chi connectivity index (χ1n) is 33.5. The highest BCUT2D eigenvalue weighted by atomic mass is 16.5. The monoisotopic (exact) mass is 1220 g/mol. The average Bonchev–Trinajstić information content (AvgIpc) is 1.55. The van der Waals surface area contributed by atoms with Crippen molar-refractivity contribution in [2.75, 3.05) is 0 Å². The highest BCUT2D eigenvalue weighted by Crippen LogP contribution is 2.60. The molecule has 95 heavy (non-hydrogen) atoms. The first-order chi connectivity index (χ1) is 46.4. The van der Waals surface area contributed by atoms with Crippen LogP contribution in [0.25, 0.3) is 152 Å². The molecule has 0 fully saturated rings. The van der Waals surface area contributed by atoms with Gasteiger partial charge in [-0.2, -0.15) is 13.7 Å². The van der Waals surface area contributed by atoms with E-state index in [2.05, 4.69) is 298 Å². The van der Waals surface area contributed by atoms with Crippen molar-refractivity contribution in [2.24, 2.45) is 0 Å². The molecule has 14 aromatic carbocycles. The summed E-state index contributed by atoms with van der Waals surface area (Å²) in [5.41, 5.74) is 17.1. The van der Waals surface area contributed by atoms with Crippen LogP contribution in [0.5, 0.6) is 17.2 Å². The second-order valence-electron chi connectivity index (χ2n) is 28.8. The molecule has 6 aliphatic rings. The van der Waals surface area contributed by atoms with Crippen molar-refractivity contribution in [1.29, 1.82) is 0 Å². The fraction of sp³-hybridized carbons (Fsp3) is 0.135. The molecule has 0 radical (unpaired) electrons. The summed E-state index contributed by atoms with van der Waals surface area (Å²) in [5, 5.41) is 26.9. The van der Waals surface area contributed by atoms with E-state index in [1.54, 1.807) is 0 Å². The lowest BCUT2D eigenvalue weighted by Crippen LogP contribution is -2.43. The lowest BCUT2D eigenvalue weighted by atomic mass is 9.79. The smallest absolute Gasteiger partial charge is 0.293 e. The highest BCUT2D eigenvalue weighted by molar-refractivity contribution is 6.17. The summed E-state index contributed by atoms with van der Waals surface area (Å²) in [7, 11) is 0. The standard InChI is InChI=1S/2C31H22NO.C27H20NO/c1-31(2)25-15-23-20-9-5-3-7-18(20)11-13-22(23)30-28(25)29-26(31)16-24-21-10-6-4-8-19(21)12-14-27(24)32(29)17-33-30;1-31(2)26-15-25-22-10-6-5-7-18(22)11-12-23(25)30-27(26)29-28(31)24-14-20-9-4-3-8-19(20)13-21(24)16-32(29)17-33-30;1-27(2)22-13-21-18-9-5-3-7-16(18)11-12-20(21)26-23(22)25-24(27)19-10-6-4-8-17(19)14-28(25)15-29-26/h2*3-16H,17H2,1-2H3;3-14H,15H2,1-2H3/q3*+1. The molecule has 0 N–H and O–H groups in total. The van der Waals surface area contributed by atoms with Gasteiger partial charge in [0.15, 0.2) is 12.4 Å². The van der Waals surface area contributed by atoms with Crippen molar-refractivity contribution in [3.05, 3.63) is 276 Å². The third-order valence-electron chi connectivity index (χ3n) is 22.8. The third-order valence-corrected chi connectivity index (χ3v) is 22.8. The molecule has 3 aliphatic heterocycles. The first kappa shape index (κ1) is 53.3. The Hall–Kier alpha value is -11.2. The molecule has 3 aromatic heterocycles. The number of nitrogens with zero attached hydrogens (tertiary/aromatic N) is 3. The van der Waals surface area contributed by atoms with Crippen LogP contribution in [0.4, 0.5) is 0 Å². The number of hydrogen-bond donors (Lipinski definition) is 0. The van der Waals surface area contributed by atoms with Crippen LogP contribution in [0, 0.1) is 0 Å². The van der Waals surface area contributed by atoms with Crippen molar-refractivity contribution in [2.45, 2.75) is 78.0 Å². The Morgan fingerprint density at radius 3 is 1.14 bits per heavy atom. The molecule has 0 saturated carbocycles. The molecule has 0 unspecified atom stereocenters. The molecule has 17 aromatic rings. The van der Waals surface area contributed by atoms with E-state index in [1.165, 1.54) is 186 Å². The lowest BCUT2D eigenvalue weighted by Gasteiger charge is -2.22. The van der Waals surface area contributed by atoms with Crippen LogP contribution in [0.2, 0.25) is 0 Å². The van der Waals surface area contributed by atoms with Crippen LogP contribution in [0.1, 0.15) is 74.9 Å². The normalized spacial score (nSPS) is 15.4. The third kappa shape index (κ3) is 7.00. The van der Waals surface area contributed by atoms with E-state index in [4.69, 9.17) is 14.2 Å². The SMILES string of the molecule is CC1(C)c2cc3c(ccc4ccccc43)c3c2-c2c1c1cc4ccccc4cc1c[n+]2CO3.CC1(C)c2cc3c(ccc4ccccc43)c3c2-c2c1c1ccccc1c[n+]2CO3.CC1(C)c2cc3c(ccc4ccccc43)c3c2-c2c1cc1c4ccccc4ccc1[n+]2CO3. The van der Waals surface area contributed by atoms with E-state index in [9.17, 15) is 0 Å². The maximum atomic E-state index is 6.60. The molecule has 0 atom stereocenters. The zero-order chi connectivity index (χ0) is 63.1. The molecule has 450 valence electrons. The van der Waals surface area contributed by atoms with Crippen LogP contribution >= 0.6 is 0 Å². The number of fused-ring (bicyclic) bond motifs is 21. The molecule has 0 saturated heterocycles. The van der Waals surface area contributed by atoms with Crippen molar-refractivity contribution in [3.8, 4) is 51.0 Å². The maximum Gasteiger partial charge on any atom is 0.293 e. The van der Waals surface area contributed by atoms with Gasteiger partial charge in [0.2, 0.25) is 22.6 Å². The topological polar surface area (TPSA) is 39.3 Å². The lowest BCUT2D eigenvalue weighted by molar-refractivity contribution is -0.716. The molecule has 23 rings (SSSR count). The minimum atomic E-state index is -0.123. The Balaban J connectivity index is 0.0000000952. The van der Waals surface area contributed by atoms with E-state index < -0.39 is 0 Å². The van der Waals surface area contributed by atoms with E-state index in [0.717, 1.165) is 17.2 Å². The quantitative estimate of drug-likeness (QED) is 0.0863. The Morgan fingerprint density at radius 1 is 0.263 bits per heavy atom. The number of pyridine rings is 3.